The molecule has 158 valence electrons. The molecule has 1 N–H and O–H groups in total. The predicted octanol–water partition coefficient (Wildman–Crippen LogP) is 4.58. The van der Waals surface area contributed by atoms with Gasteiger partial charge >= 0.3 is 0 Å². The molecule has 0 aliphatic carbocycles. The number of rotatable bonds is 6. The fourth-order valence-corrected chi connectivity index (χ4v) is 5.30. The molecule has 6 heteroatoms. The average molecular weight is 415 g/mol. The molecule has 2 aromatic rings. The molecule has 0 bridgehead atoms. The van der Waals surface area contributed by atoms with Gasteiger partial charge < -0.3 is 14.3 Å². The summed E-state index contributed by atoms with van der Waals surface area (Å²) in [6, 6.07) is 7.76. The van der Waals surface area contributed by atoms with Crippen LogP contribution in [-0.4, -0.2) is 36.7 Å². The normalized spacial score (nSPS) is 21.0. The molecule has 1 aliphatic heterocycles. The molecule has 3 atom stereocenters. The zero-order valence-corrected chi connectivity index (χ0v) is 19.9. The summed E-state index contributed by atoms with van der Waals surface area (Å²) < 4.78 is 8.55. The Bertz CT molecular complexity index is 955. The van der Waals surface area contributed by atoms with E-state index >= 15 is 0 Å². The number of carbonyl (C=O) groups is 2. The summed E-state index contributed by atoms with van der Waals surface area (Å²) in [7, 11) is 0.0481. The first kappa shape index (κ1) is 21.8. The highest BCUT2D eigenvalue weighted by Crippen LogP contribution is 2.39. The summed E-state index contributed by atoms with van der Waals surface area (Å²) in [6.07, 6.45) is 0.112. The second kappa shape index (κ2) is 7.40. The molecule has 1 unspecified atom stereocenters. The van der Waals surface area contributed by atoms with Crippen LogP contribution in [0.3, 0.4) is 0 Å². The highest BCUT2D eigenvalue weighted by molar-refractivity contribution is 6.74. The molecular weight excluding hydrogens is 380 g/mol. The highest BCUT2D eigenvalue weighted by Gasteiger charge is 2.47. The first-order valence-corrected chi connectivity index (χ1v) is 13.3. The van der Waals surface area contributed by atoms with Crippen molar-refractivity contribution in [1.29, 1.82) is 0 Å². The zero-order valence-electron chi connectivity index (χ0n) is 18.9. The van der Waals surface area contributed by atoms with Gasteiger partial charge in [-0.05, 0) is 56.2 Å². The van der Waals surface area contributed by atoms with Crippen molar-refractivity contribution >= 4 is 30.9 Å². The highest BCUT2D eigenvalue weighted by atomic mass is 28.4. The van der Waals surface area contributed by atoms with E-state index in [9.17, 15) is 9.59 Å². The Morgan fingerprint density at radius 1 is 1.28 bits per heavy atom. The molecule has 0 saturated carbocycles. The first-order chi connectivity index (χ1) is 13.3. The monoisotopic (exact) mass is 414 g/mol. The molecule has 2 heterocycles. The van der Waals surface area contributed by atoms with Gasteiger partial charge in [0.1, 0.15) is 0 Å². The third-order valence-electron chi connectivity index (χ3n) is 6.87. The Balaban J connectivity index is 1.71. The number of nitrogens with zero attached hydrogens (tertiary/aromatic N) is 1. The van der Waals surface area contributed by atoms with Crippen LogP contribution in [0.4, 0.5) is 0 Å². The van der Waals surface area contributed by atoms with Gasteiger partial charge in [-0.1, -0.05) is 20.8 Å². The topological polar surface area (TPSA) is 60.3 Å². The van der Waals surface area contributed by atoms with Crippen molar-refractivity contribution < 1.29 is 14.0 Å². The number of Topliss-reactive ketones (excluding diaryl/α,β-unsaturated/α-hetero) is 1. The maximum Gasteiger partial charge on any atom is 0.228 e. The van der Waals surface area contributed by atoms with Crippen LogP contribution in [0.15, 0.2) is 24.3 Å². The number of hydrogen-bond donors (Lipinski definition) is 1. The lowest BCUT2D eigenvalue weighted by atomic mass is 9.82. The molecule has 0 radical (unpaired) electrons. The number of aromatic nitrogens is 1. The molecule has 1 aromatic heterocycles. The van der Waals surface area contributed by atoms with Gasteiger partial charge in [0.15, 0.2) is 14.1 Å². The smallest absolute Gasteiger partial charge is 0.228 e. The van der Waals surface area contributed by atoms with Crippen LogP contribution in [0.1, 0.15) is 50.2 Å². The van der Waals surface area contributed by atoms with Gasteiger partial charge in [-0.25, -0.2) is 0 Å². The number of amides is 1. The second-order valence-corrected chi connectivity index (χ2v) is 14.7. The van der Waals surface area contributed by atoms with Gasteiger partial charge in [-0.3, -0.25) is 9.59 Å². The Morgan fingerprint density at radius 2 is 1.93 bits per heavy atom. The zero-order chi connectivity index (χ0) is 21.7. The summed E-state index contributed by atoms with van der Waals surface area (Å²) >= 11 is 0. The number of aryl methyl sites for hydroxylation is 2. The molecule has 1 fully saturated rings. The Labute approximate surface area is 174 Å². The van der Waals surface area contributed by atoms with E-state index in [1.165, 1.54) is 0 Å². The summed E-state index contributed by atoms with van der Waals surface area (Å²) in [6.45, 7) is 15.0. The van der Waals surface area contributed by atoms with Crippen LogP contribution >= 0.6 is 0 Å². The minimum atomic E-state index is -1.98. The van der Waals surface area contributed by atoms with E-state index in [4.69, 9.17) is 4.43 Å². The third kappa shape index (κ3) is 4.05. The van der Waals surface area contributed by atoms with Crippen LogP contribution in [0.2, 0.25) is 18.1 Å². The lowest BCUT2D eigenvalue weighted by Gasteiger charge is -2.45. The number of nitrogens with one attached hydrogen (secondary N) is 1. The molecular formula is C23H34N2O3Si. The van der Waals surface area contributed by atoms with Crippen molar-refractivity contribution in [2.45, 2.75) is 71.3 Å². The van der Waals surface area contributed by atoms with Gasteiger partial charge in [0.25, 0.3) is 0 Å². The van der Waals surface area contributed by atoms with Crippen molar-refractivity contribution in [2.24, 2.45) is 13.0 Å². The number of fused-ring (bicyclic) bond motifs is 1. The third-order valence-corrected chi connectivity index (χ3v) is 11.4. The Morgan fingerprint density at radius 3 is 2.52 bits per heavy atom. The van der Waals surface area contributed by atoms with Crippen LogP contribution in [0, 0.1) is 12.8 Å². The molecule has 1 aliphatic rings. The number of ketones is 1. The lowest BCUT2D eigenvalue weighted by Crippen LogP contribution is -2.64. The van der Waals surface area contributed by atoms with Gasteiger partial charge in [-0.2, -0.15) is 0 Å². The second-order valence-electron chi connectivity index (χ2n) is 9.97. The summed E-state index contributed by atoms with van der Waals surface area (Å²) in [5, 5.41) is 4.07. The fourth-order valence-electron chi connectivity index (χ4n) is 3.87. The fraction of sp³-hybridized carbons (Fsp3) is 0.565. The maximum atomic E-state index is 12.9. The molecule has 1 aromatic carbocycles. The van der Waals surface area contributed by atoms with Crippen molar-refractivity contribution in [3.8, 4) is 0 Å². The van der Waals surface area contributed by atoms with Gasteiger partial charge in [0, 0.05) is 35.6 Å². The van der Waals surface area contributed by atoms with Crippen LogP contribution in [0.5, 0.6) is 0 Å². The minimum absolute atomic E-state index is 0.0110. The first-order valence-electron chi connectivity index (χ1n) is 10.4. The van der Waals surface area contributed by atoms with Crippen molar-refractivity contribution in [1.82, 2.24) is 9.88 Å². The largest absolute Gasteiger partial charge is 0.413 e. The van der Waals surface area contributed by atoms with Crippen molar-refractivity contribution in [2.75, 3.05) is 0 Å². The van der Waals surface area contributed by atoms with Gasteiger partial charge in [-0.15, -0.1) is 0 Å². The minimum Gasteiger partial charge on any atom is -0.413 e. The van der Waals surface area contributed by atoms with E-state index < -0.39 is 8.32 Å². The van der Waals surface area contributed by atoms with E-state index in [-0.39, 0.29) is 34.8 Å². The SMILES string of the molecule is Cc1cc2cc(C(=O)C[C@H]3NC(=O)[C@@H]3C(C)O[Si](C)(C)C(C)(C)C)ccc2n1C. The molecule has 5 nitrogen and oxygen atoms in total. The molecule has 1 saturated heterocycles. The van der Waals surface area contributed by atoms with E-state index in [2.05, 4.69) is 56.7 Å². The Hall–Kier alpha value is -1.92. The quantitative estimate of drug-likeness (QED) is 0.427. The van der Waals surface area contributed by atoms with Crippen LogP contribution in [0.25, 0.3) is 10.9 Å². The number of carbonyl (C=O) groups excluding carboxylic acids is 2. The standard InChI is InChI=1S/C23H34N2O3Si/c1-14-11-17-12-16(9-10-19(17)25(14)6)20(26)13-18-21(22(27)24-18)15(2)28-29(7,8)23(3,4)5/h9-12,15,18,21H,13H2,1-8H3,(H,24,27)/t15?,18-,21-/m1/s1. The van der Waals surface area contributed by atoms with E-state index in [0.717, 1.165) is 16.6 Å². The van der Waals surface area contributed by atoms with E-state index in [0.29, 0.717) is 12.0 Å². The molecule has 0 spiro atoms. The van der Waals surface area contributed by atoms with Gasteiger partial charge in [0.2, 0.25) is 5.91 Å². The van der Waals surface area contributed by atoms with Crippen molar-refractivity contribution in [3.63, 3.8) is 0 Å². The molecule has 1 amide bonds. The van der Waals surface area contributed by atoms with Crippen LogP contribution in [-0.2, 0) is 16.3 Å². The number of β-lactam (4-membered cyclic amide) rings is 1. The number of benzene rings is 1. The van der Waals surface area contributed by atoms with Gasteiger partial charge in [0.05, 0.1) is 18.1 Å². The predicted molar refractivity (Wildman–Crippen MR) is 120 cm³/mol. The average Bonchev–Trinajstić information content (AvgIpc) is 2.86. The maximum absolute atomic E-state index is 12.9. The summed E-state index contributed by atoms with van der Waals surface area (Å²) in [5.41, 5.74) is 2.97. The number of hydrogen-bond acceptors (Lipinski definition) is 3. The Kier molecular flexibility index (Phi) is 5.56. The van der Waals surface area contributed by atoms with E-state index in [1.54, 1.807) is 0 Å². The summed E-state index contributed by atoms with van der Waals surface area (Å²) in [4.78, 5) is 25.2. The molecule has 29 heavy (non-hydrogen) atoms. The van der Waals surface area contributed by atoms with Crippen molar-refractivity contribution in [3.05, 3.63) is 35.5 Å². The summed E-state index contributed by atoms with van der Waals surface area (Å²) in [5.74, 6) is -0.221. The van der Waals surface area contributed by atoms with Crippen LogP contribution < -0.4 is 5.32 Å². The lowest BCUT2D eigenvalue weighted by molar-refractivity contribution is -0.139. The van der Waals surface area contributed by atoms with E-state index in [1.807, 2.05) is 32.2 Å². The molecule has 3 rings (SSSR count).